The number of nitriles is 1. The molecule has 29 heavy (non-hydrogen) atoms. The zero-order valence-corrected chi connectivity index (χ0v) is 17.1. The van der Waals surface area contributed by atoms with Gasteiger partial charge in [0.25, 0.3) is 5.56 Å². The van der Waals surface area contributed by atoms with E-state index in [4.69, 9.17) is 10.00 Å². The number of rotatable bonds is 7. The summed E-state index contributed by atoms with van der Waals surface area (Å²) in [5, 5.41) is 11.6. The van der Waals surface area contributed by atoms with Gasteiger partial charge in [0.15, 0.2) is 0 Å². The van der Waals surface area contributed by atoms with Gasteiger partial charge in [-0.3, -0.25) is 9.59 Å². The van der Waals surface area contributed by atoms with Gasteiger partial charge in [0.2, 0.25) is 5.91 Å². The van der Waals surface area contributed by atoms with Crippen molar-refractivity contribution in [1.29, 1.82) is 5.26 Å². The minimum atomic E-state index is -0.307. The number of hydrogen-bond acceptors (Lipinski definition) is 4. The molecule has 6 nitrogen and oxygen atoms in total. The average molecular weight is 452 g/mol. The van der Waals surface area contributed by atoms with Gasteiger partial charge in [-0.2, -0.15) is 5.26 Å². The number of amides is 1. The van der Waals surface area contributed by atoms with Crippen LogP contribution in [0.2, 0.25) is 0 Å². The lowest BCUT2D eigenvalue weighted by molar-refractivity contribution is -0.116. The van der Waals surface area contributed by atoms with Gasteiger partial charge in [-0.15, -0.1) is 0 Å². The molecular weight excluding hydrogens is 434 g/mol. The molecule has 1 amide bonds. The number of halogens is 1. The second-order valence-corrected chi connectivity index (χ2v) is 7.20. The predicted octanol–water partition coefficient (Wildman–Crippen LogP) is 3.89. The van der Waals surface area contributed by atoms with Gasteiger partial charge in [-0.25, -0.2) is 0 Å². The van der Waals surface area contributed by atoms with Crippen LogP contribution < -0.4 is 15.6 Å². The molecule has 1 heterocycles. The summed E-state index contributed by atoms with van der Waals surface area (Å²) in [4.78, 5) is 24.3. The van der Waals surface area contributed by atoms with Gasteiger partial charge < -0.3 is 14.6 Å². The fourth-order valence-electron chi connectivity index (χ4n) is 2.69. The molecule has 3 aromatic rings. The molecule has 0 bridgehead atoms. The lowest BCUT2D eigenvalue weighted by atomic mass is 10.1. The Kier molecular flexibility index (Phi) is 6.82. The Morgan fingerprint density at radius 2 is 1.86 bits per heavy atom. The van der Waals surface area contributed by atoms with Crippen LogP contribution in [-0.4, -0.2) is 10.5 Å². The van der Waals surface area contributed by atoms with E-state index >= 15 is 0 Å². The van der Waals surface area contributed by atoms with E-state index in [2.05, 4.69) is 27.3 Å². The number of carbonyl (C=O) groups excluding carboxylic acids is 1. The molecule has 0 unspecified atom stereocenters. The Balaban J connectivity index is 1.65. The van der Waals surface area contributed by atoms with Crippen LogP contribution in [0, 0.1) is 11.3 Å². The summed E-state index contributed by atoms with van der Waals surface area (Å²) in [5.74, 6) is 0.368. The molecule has 7 heteroatoms. The third-order valence-corrected chi connectivity index (χ3v) is 4.62. The van der Waals surface area contributed by atoms with Crippen molar-refractivity contribution in [3.63, 3.8) is 0 Å². The van der Waals surface area contributed by atoms with Crippen LogP contribution in [-0.2, 0) is 24.4 Å². The fraction of sp³-hybridized carbons (Fsp3) is 0.136. The maximum Gasteiger partial charge on any atom is 0.251 e. The van der Waals surface area contributed by atoms with Crippen LogP contribution >= 0.6 is 15.9 Å². The largest absolute Gasteiger partial charge is 0.489 e. The molecule has 0 fully saturated rings. The molecule has 0 aliphatic rings. The molecule has 0 saturated carbocycles. The highest BCUT2D eigenvalue weighted by atomic mass is 79.9. The van der Waals surface area contributed by atoms with Crippen molar-refractivity contribution in [2.24, 2.45) is 0 Å². The highest BCUT2D eigenvalue weighted by Gasteiger charge is 2.09. The molecule has 146 valence electrons. The summed E-state index contributed by atoms with van der Waals surface area (Å²) < 4.78 is 7.86. The number of pyridine rings is 1. The number of hydrogen-bond donors (Lipinski definition) is 1. The normalized spacial score (nSPS) is 10.2. The van der Waals surface area contributed by atoms with Gasteiger partial charge >= 0.3 is 0 Å². The Hall–Kier alpha value is -3.37. The van der Waals surface area contributed by atoms with Crippen LogP contribution in [0.3, 0.4) is 0 Å². The molecule has 0 aliphatic heterocycles. The van der Waals surface area contributed by atoms with Crippen LogP contribution in [0.4, 0.5) is 5.69 Å². The van der Waals surface area contributed by atoms with E-state index in [0.717, 1.165) is 15.6 Å². The zero-order valence-electron chi connectivity index (χ0n) is 15.5. The zero-order chi connectivity index (χ0) is 20.6. The summed E-state index contributed by atoms with van der Waals surface area (Å²) >= 11 is 3.30. The lowest BCUT2D eigenvalue weighted by Crippen LogP contribution is -2.27. The summed E-state index contributed by atoms with van der Waals surface area (Å²) in [6, 6.07) is 19.8. The van der Waals surface area contributed by atoms with E-state index in [9.17, 15) is 9.59 Å². The summed E-state index contributed by atoms with van der Waals surface area (Å²) in [7, 11) is 0. The number of carbonyl (C=O) groups is 1. The first-order chi connectivity index (χ1) is 14.0. The maximum absolute atomic E-state index is 12.4. The monoisotopic (exact) mass is 451 g/mol. The first kappa shape index (κ1) is 20.4. The molecule has 0 aliphatic carbocycles. The molecule has 1 N–H and O–H groups in total. The Labute approximate surface area is 176 Å². The number of anilines is 1. The van der Waals surface area contributed by atoms with Crippen LogP contribution in [0.15, 0.2) is 76.1 Å². The Morgan fingerprint density at radius 3 is 2.62 bits per heavy atom. The second kappa shape index (κ2) is 9.71. The van der Waals surface area contributed by atoms with Crippen LogP contribution in [0.5, 0.6) is 5.75 Å². The van der Waals surface area contributed by atoms with Gasteiger partial charge in [0.1, 0.15) is 18.9 Å². The standard InChI is InChI=1S/C22H18BrN3O3/c23-18-7-10-22(28)26(13-18)14-21(27)25-20-4-2-1-3-17(20)15-29-19-8-5-16(6-9-19)11-12-24/h1-10,13H,11,14-15H2,(H,25,27). The van der Waals surface area contributed by atoms with E-state index < -0.39 is 0 Å². The van der Waals surface area contributed by atoms with E-state index in [1.165, 1.54) is 10.6 Å². The summed E-state index contributed by atoms with van der Waals surface area (Å²) in [6.45, 7) is 0.179. The van der Waals surface area contributed by atoms with E-state index in [-0.39, 0.29) is 24.6 Å². The second-order valence-electron chi connectivity index (χ2n) is 6.29. The van der Waals surface area contributed by atoms with Crippen molar-refractivity contribution >= 4 is 27.5 Å². The van der Waals surface area contributed by atoms with E-state index in [1.807, 2.05) is 42.5 Å². The van der Waals surface area contributed by atoms with Crippen molar-refractivity contribution < 1.29 is 9.53 Å². The smallest absolute Gasteiger partial charge is 0.251 e. The molecule has 1 aromatic heterocycles. The minimum Gasteiger partial charge on any atom is -0.489 e. The highest BCUT2D eigenvalue weighted by Crippen LogP contribution is 2.19. The predicted molar refractivity (Wildman–Crippen MR) is 114 cm³/mol. The molecule has 0 atom stereocenters. The first-order valence-corrected chi connectivity index (χ1v) is 9.67. The summed E-state index contributed by atoms with van der Waals surface area (Å²) in [6.07, 6.45) is 1.93. The molecule has 0 spiro atoms. The maximum atomic E-state index is 12.4. The quantitative estimate of drug-likeness (QED) is 0.590. The number of para-hydroxylation sites is 1. The fourth-order valence-corrected chi connectivity index (χ4v) is 3.07. The van der Waals surface area contributed by atoms with Crippen molar-refractivity contribution in [2.75, 3.05) is 5.32 Å². The lowest BCUT2D eigenvalue weighted by Gasteiger charge is -2.13. The van der Waals surface area contributed by atoms with Crippen molar-refractivity contribution in [1.82, 2.24) is 4.57 Å². The van der Waals surface area contributed by atoms with Crippen LogP contribution in [0.1, 0.15) is 11.1 Å². The molecule has 2 aromatic carbocycles. The topological polar surface area (TPSA) is 84.1 Å². The number of nitrogens with one attached hydrogen (secondary N) is 1. The molecule has 3 rings (SSSR count). The van der Waals surface area contributed by atoms with Gasteiger partial charge in [0.05, 0.1) is 12.5 Å². The average Bonchev–Trinajstić information content (AvgIpc) is 2.71. The number of ether oxygens (including phenoxy) is 1. The van der Waals surface area contributed by atoms with Crippen LogP contribution in [0.25, 0.3) is 0 Å². The Morgan fingerprint density at radius 1 is 1.10 bits per heavy atom. The first-order valence-electron chi connectivity index (χ1n) is 8.87. The van der Waals surface area contributed by atoms with Gasteiger partial charge in [-0.05, 0) is 45.8 Å². The highest BCUT2D eigenvalue weighted by molar-refractivity contribution is 9.10. The molecular formula is C22H18BrN3O3. The number of benzene rings is 2. The van der Waals surface area contributed by atoms with Gasteiger partial charge in [-0.1, -0.05) is 30.3 Å². The third-order valence-electron chi connectivity index (χ3n) is 4.15. The van der Waals surface area contributed by atoms with Crippen molar-refractivity contribution in [3.05, 3.63) is 92.8 Å². The van der Waals surface area contributed by atoms with Crippen molar-refractivity contribution in [2.45, 2.75) is 19.6 Å². The van der Waals surface area contributed by atoms with Crippen molar-refractivity contribution in [3.8, 4) is 11.8 Å². The Bertz CT molecular complexity index is 1100. The minimum absolute atomic E-state index is 0.0895. The van der Waals surface area contributed by atoms with Gasteiger partial charge in [0, 0.05) is 28.0 Å². The summed E-state index contributed by atoms with van der Waals surface area (Å²) in [5.41, 5.74) is 2.11. The van der Waals surface area contributed by atoms with E-state index in [1.54, 1.807) is 18.3 Å². The SMILES string of the molecule is N#CCc1ccc(OCc2ccccc2NC(=O)Cn2cc(Br)ccc2=O)cc1. The third kappa shape index (κ3) is 5.80. The number of nitrogens with zero attached hydrogens (tertiary/aromatic N) is 2. The molecule has 0 saturated heterocycles. The number of aromatic nitrogens is 1. The van der Waals surface area contributed by atoms with E-state index in [0.29, 0.717) is 17.9 Å². The molecule has 0 radical (unpaired) electrons.